The van der Waals surface area contributed by atoms with E-state index in [1.54, 1.807) is 18.5 Å². The van der Waals surface area contributed by atoms with Gasteiger partial charge in [-0.15, -0.1) is 0 Å². The second-order valence-electron chi connectivity index (χ2n) is 10.6. The van der Waals surface area contributed by atoms with E-state index in [0.29, 0.717) is 23.6 Å². The van der Waals surface area contributed by atoms with Crippen LogP contribution in [0.1, 0.15) is 58.6 Å². The molecule has 6 nitrogen and oxygen atoms in total. The molecule has 1 N–H and O–H groups in total. The van der Waals surface area contributed by atoms with Gasteiger partial charge >= 0.3 is 6.01 Å². The predicted molar refractivity (Wildman–Crippen MR) is 121 cm³/mol. The van der Waals surface area contributed by atoms with Crippen LogP contribution >= 0.6 is 0 Å². The number of hydrogen-bond donors (Lipinski definition) is 1. The van der Waals surface area contributed by atoms with Crippen LogP contribution in [0.25, 0.3) is 0 Å². The molecule has 6 heteroatoms. The van der Waals surface area contributed by atoms with Gasteiger partial charge in [0.2, 0.25) is 5.91 Å². The van der Waals surface area contributed by atoms with E-state index in [1.165, 1.54) is 12.0 Å². The smallest absolute Gasteiger partial charge is 0.321 e. The van der Waals surface area contributed by atoms with Gasteiger partial charge in [0.1, 0.15) is 5.75 Å². The Hall–Kier alpha value is -2.47. The van der Waals surface area contributed by atoms with Crippen molar-refractivity contribution in [1.82, 2.24) is 15.3 Å². The van der Waals surface area contributed by atoms with Gasteiger partial charge in [-0.05, 0) is 65.7 Å². The van der Waals surface area contributed by atoms with Gasteiger partial charge < -0.3 is 14.8 Å². The first-order chi connectivity index (χ1) is 15.3. The van der Waals surface area contributed by atoms with Crippen LogP contribution in [0.15, 0.2) is 42.7 Å². The summed E-state index contributed by atoms with van der Waals surface area (Å²) >= 11 is 0. The molecule has 0 radical (unpaired) electrons. The molecule has 32 heavy (non-hydrogen) atoms. The lowest BCUT2D eigenvalue weighted by Gasteiger charge is -2.53. The van der Waals surface area contributed by atoms with Gasteiger partial charge in [-0.1, -0.05) is 39.8 Å². The van der Waals surface area contributed by atoms with Crippen molar-refractivity contribution in [2.45, 2.75) is 59.1 Å². The van der Waals surface area contributed by atoms with Crippen molar-refractivity contribution < 1.29 is 14.3 Å². The van der Waals surface area contributed by atoms with E-state index in [9.17, 15) is 4.79 Å². The highest BCUT2D eigenvalue weighted by Crippen LogP contribution is 2.70. The fourth-order valence-corrected chi connectivity index (χ4v) is 6.60. The summed E-state index contributed by atoms with van der Waals surface area (Å²) in [6, 6.07) is 10.4. The van der Waals surface area contributed by atoms with Crippen LogP contribution in [0.3, 0.4) is 0 Å². The number of amides is 1. The molecule has 2 heterocycles. The number of ether oxygens (including phenoxy) is 2. The Morgan fingerprint density at radius 2 is 1.91 bits per heavy atom. The monoisotopic (exact) mass is 435 g/mol. The maximum absolute atomic E-state index is 12.7. The van der Waals surface area contributed by atoms with E-state index in [0.717, 1.165) is 19.4 Å². The molecule has 5 atom stereocenters. The number of carbonyl (C=O) groups is 1. The van der Waals surface area contributed by atoms with E-state index in [2.05, 4.69) is 41.3 Å². The van der Waals surface area contributed by atoms with Crippen molar-refractivity contribution in [3.05, 3.63) is 48.3 Å². The molecular weight excluding hydrogens is 402 g/mol. The van der Waals surface area contributed by atoms with Crippen molar-refractivity contribution >= 4 is 5.91 Å². The Morgan fingerprint density at radius 1 is 1.19 bits per heavy atom. The van der Waals surface area contributed by atoms with Crippen molar-refractivity contribution in [2.24, 2.45) is 28.6 Å². The van der Waals surface area contributed by atoms with Gasteiger partial charge in [0.15, 0.2) is 0 Å². The van der Waals surface area contributed by atoms with Crippen LogP contribution < -0.4 is 10.1 Å². The summed E-state index contributed by atoms with van der Waals surface area (Å²) in [4.78, 5) is 20.9. The van der Waals surface area contributed by atoms with E-state index < -0.39 is 0 Å². The zero-order chi connectivity index (χ0) is 22.5. The SMILES string of the molecule is CC(C)C(=O)N[C@H]1C(C)(C)[C@@H]2C[C@@H]3[C@@H](c4ccc(Oc5ncccn5)cc4)OCCC31C2. The van der Waals surface area contributed by atoms with Crippen LogP contribution in [0.5, 0.6) is 11.8 Å². The van der Waals surface area contributed by atoms with Crippen LogP contribution in [0.4, 0.5) is 0 Å². The van der Waals surface area contributed by atoms with E-state index in [1.807, 2.05) is 26.0 Å². The number of rotatable bonds is 5. The summed E-state index contributed by atoms with van der Waals surface area (Å²) in [6.45, 7) is 9.36. The molecule has 1 spiro atoms. The summed E-state index contributed by atoms with van der Waals surface area (Å²) in [5.41, 5.74) is 1.39. The van der Waals surface area contributed by atoms with Crippen molar-refractivity contribution in [2.75, 3.05) is 6.61 Å². The van der Waals surface area contributed by atoms with E-state index >= 15 is 0 Å². The minimum Gasteiger partial charge on any atom is -0.424 e. The Kier molecular flexibility index (Phi) is 5.24. The second kappa shape index (κ2) is 7.84. The van der Waals surface area contributed by atoms with Crippen molar-refractivity contribution in [1.29, 1.82) is 0 Å². The van der Waals surface area contributed by atoms with Gasteiger partial charge in [0.25, 0.3) is 0 Å². The summed E-state index contributed by atoms with van der Waals surface area (Å²) in [5, 5.41) is 3.47. The third kappa shape index (κ3) is 3.40. The molecule has 1 saturated heterocycles. The number of hydrogen-bond acceptors (Lipinski definition) is 5. The number of nitrogens with one attached hydrogen (secondary N) is 1. The number of fused-ring (bicyclic) bond motifs is 1. The van der Waals surface area contributed by atoms with Crippen molar-refractivity contribution in [3.8, 4) is 11.8 Å². The molecule has 1 aromatic carbocycles. The summed E-state index contributed by atoms with van der Waals surface area (Å²) in [6.07, 6.45) is 6.73. The molecule has 2 aromatic rings. The topological polar surface area (TPSA) is 73.3 Å². The Labute approximate surface area is 190 Å². The fourth-order valence-electron chi connectivity index (χ4n) is 6.60. The standard InChI is InChI=1S/C26H33N3O3/c1-16(2)22(30)29-23-25(3,4)18-14-20-21(31-13-10-26(20,23)15-18)17-6-8-19(9-7-17)32-24-27-11-5-12-28-24/h5-9,11-12,16,18,20-21,23H,10,13-15H2,1-4H3,(H,29,30)/t18-,20-,21-,23+,26?/m1/s1. The third-order valence-electron chi connectivity index (χ3n) is 8.28. The first kappa shape index (κ1) is 21.4. The largest absolute Gasteiger partial charge is 0.424 e. The molecule has 1 unspecified atom stereocenters. The zero-order valence-corrected chi connectivity index (χ0v) is 19.4. The van der Waals surface area contributed by atoms with Crippen LogP contribution in [-0.4, -0.2) is 28.5 Å². The second-order valence-corrected chi connectivity index (χ2v) is 10.6. The van der Waals surface area contributed by atoms with E-state index in [4.69, 9.17) is 9.47 Å². The summed E-state index contributed by atoms with van der Waals surface area (Å²) in [7, 11) is 0. The average molecular weight is 436 g/mol. The van der Waals surface area contributed by atoms with Crippen LogP contribution in [0, 0.1) is 28.6 Å². The molecule has 2 saturated carbocycles. The Morgan fingerprint density at radius 3 is 2.59 bits per heavy atom. The average Bonchev–Trinajstić information content (AvgIpc) is 3.27. The lowest BCUT2D eigenvalue weighted by molar-refractivity contribution is -0.139. The molecule has 3 aliphatic rings. The number of aromatic nitrogens is 2. The molecule has 1 aromatic heterocycles. The molecule has 170 valence electrons. The maximum atomic E-state index is 12.7. The molecular formula is C26H33N3O3. The molecule has 2 aliphatic carbocycles. The number of carbonyl (C=O) groups excluding carboxylic acids is 1. The summed E-state index contributed by atoms with van der Waals surface area (Å²) < 4.78 is 12.1. The Balaban J connectivity index is 1.39. The normalized spacial score (nSPS) is 32.5. The van der Waals surface area contributed by atoms with Crippen molar-refractivity contribution in [3.63, 3.8) is 0 Å². The van der Waals surface area contributed by atoms with Crippen LogP contribution in [-0.2, 0) is 9.53 Å². The predicted octanol–water partition coefficient (Wildman–Crippen LogP) is 4.92. The first-order valence-corrected chi connectivity index (χ1v) is 11.8. The molecule has 5 rings (SSSR count). The molecule has 3 fully saturated rings. The summed E-state index contributed by atoms with van der Waals surface area (Å²) in [5.74, 6) is 1.89. The highest BCUT2D eigenvalue weighted by Gasteiger charge is 2.68. The fraction of sp³-hybridized carbons (Fsp3) is 0.577. The first-order valence-electron chi connectivity index (χ1n) is 11.8. The number of nitrogens with zero attached hydrogens (tertiary/aromatic N) is 2. The maximum Gasteiger partial charge on any atom is 0.321 e. The van der Waals surface area contributed by atoms with E-state index in [-0.39, 0.29) is 34.8 Å². The molecule has 1 aliphatic heterocycles. The highest BCUT2D eigenvalue weighted by molar-refractivity contribution is 5.78. The van der Waals surface area contributed by atoms with Crippen LogP contribution in [0.2, 0.25) is 0 Å². The van der Waals surface area contributed by atoms with Gasteiger partial charge in [0.05, 0.1) is 6.10 Å². The molecule has 1 amide bonds. The van der Waals surface area contributed by atoms with Gasteiger partial charge in [-0.2, -0.15) is 0 Å². The highest BCUT2D eigenvalue weighted by atomic mass is 16.5. The third-order valence-corrected chi connectivity index (χ3v) is 8.28. The minimum atomic E-state index is -0.00319. The van der Waals surface area contributed by atoms with Gasteiger partial charge in [-0.3, -0.25) is 4.79 Å². The number of benzene rings is 1. The van der Waals surface area contributed by atoms with Gasteiger partial charge in [0, 0.05) is 31.0 Å². The quantitative estimate of drug-likeness (QED) is 0.721. The zero-order valence-electron chi connectivity index (χ0n) is 19.4. The minimum absolute atomic E-state index is 0.00319. The lowest BCUT2D eigenvalue weighted by Crippen LogP contribution is -2.59. The molecule has 2 bridgehead atoms. The Bertz CT molecular complexity index is 976. The van der Waals surface area contributed by atoms with Gasteiger partial charge in [-0.25, -0.2) is 9.97 Å². The lowest BCUT2D eigenvalue weighted by atomic mass is 9.58.